The van der Waals surface area contributed by atoms with Crippen LogP contribution in [0.1, 0.15) is 27.7 Å². The van der Waals surface area contributed by atoms with Crippen molar-refractivity contribution in [3.05, 3.63) is 0 Å². The molecule has 0 aromatic rings. The highest BCUT2D eigenvalue weighted by Gasteiger charge is 2.47. The minimum absolute atomic E-state index is 0.0448. The Bertz CT molecular complexity index is 525. The molecule has 1 aliphatic heterocycles. The second-order valence-corrected chi connectivity index (χ2v) is 8.08. The highest BCUT2D eigenvalue weighted by Crippen LogP contribution is 2.25. The number of carbonyl (C=O) groups excluding carboxylic acids is 2. The molecule has 128 valence electrons. The molecule has 22 heavy (non-hydrogen) atoms. The van der Waals surface area contributed by atoms with Gasteiger partial charge < -0.3 is 14.4 Å². The summed E-state index contributed by atoms with van der Waals surface area (Å²) in [5, 5.41) is -1.05. The number of amides is 1. The fraction of sp³-hybridized carbons (Fsp3) is 0.846. The summed E-state index contributed by atoms with van der Waals surface area (Å²) in [7, 11) is -2.53. The van der Waals surface area contributed by atoms with Crippen molar-refractivity contribution in [2.75, 3.05) is 26.7 Å². The Morgan fingerprint density at radius 1 is 1.27 bits per heavy atom. The first-order valence-corrected chi connectivity index (χ1v) is 8.60. The molecule has 0 unspecified atom stereocenters. The Hall–Kier alpha value is -1.35. The standard InChI is InChI=1S/C13H24N2O6S/c1-6-14-22(18,19)10-8-15(7-9(10)11(16)20-5)12(17)21-13(2,3)4/h9-10,14H,6-8H2,1-5H3/t9-,10-/m1/s1. The van der Waals surface area contributed by atoms with Gasteiger partial charge in [0.15, 0.2) is 0 Å². The third-order valence-corrected chi connectivity index (χ3v) is 5.13. The summed E-state index contributed by atoms with van der Waals surface area (Å²) in [5.41, 5.74) is -0.698. The van der Waals surface area contributed by atoms with Crippen molar-refractivity contribution in [1.82, 2.24) is 9.62 Å². The van der Waals surface area contributed by atoms with Crippen LogP contribution in [0.2, 0.25) is 0 Å². The van der Waals surface area contributed by atoms with Crippen LogP contribution in [-0.2, 0) is 24.3 Å². The van der Waals surface area contributed by atoms with Gasteiger partial charge in [-0.15, -0.1) is 0 Å². The molecule has 9 heteroatoms. The Labute approximate surface area is 131 Å². The monoisotopic (exact) mass is 336 g/mol. The maximum atomic E-state index is 12.2. The molecule has 1 N–H and O–H groups in total. The number of rotatable bonds is 4. The van der Waals surface area contributed by atoms with E-state index in [1.165, 1.54) is 12.0 Å². The van der Waals surface area contributed by atoms with Crippen molar-refractivity contribution in [1.29, 1.82) is 0 Å². The Morgan fingerprint density at radius 3 is 2.32 bits per heavy atom. The molecule has 1 rings (SSSR count). The van der Waals surface area contributed by atoms with Crippen molar-refractivity contribution in [2.24, 2.45) is 5.92 Å². The first-order chi connectivity index (χ1) is 10.0. The Morgan fingerprint density at radius 2 is 1.86 bits per heavy atom. The third-order valence-electron chi connectivity index (χ3n) is 3.17. The van der Waals surface area contributed by atoms with E-state index < -0.39 is 38.9 Å². The van der Waals surface area contributed by atoms with Crippen molar-refractivity contribution >= 4 is 22.1 Å². The number of nitrogens with zero attached hydrogens (tertiary/aromatic N) is 1. The minimum atomic E-state index is -3.72. The first-order valence-electron chi connectivity index (χ1n) is 7.06. The molecule has 8 nitrogen and oxygen atoms in total. The van der Waals surface area contributed by atoms with Crippen molar-refractivity contribution in [2.45, 2.75) is 38.5 Å². The van der Waals surface area contributed by atoms with Gasteiger partial charge in [0.2, 0.25) is 10.0 Å². The maximum Gasteiger partial charge on any atom is 0.410 e. The van der Waals surface area contributed by atoms with Gasteiger partial charge in [-0.25, -0.2) is 17.9 Å². The third kappa shape index (κ3) is 4.57. The van der Waals surface area contributed by atoms with Gasteiger partial charge in [0.1, 0.15) is 10.9 Å². The summed E-state index contributed by atoms with van der Waals surface area (Å²) < 4.78 is 36.7. The van der Waals surface area contributed by atoms with Gasteiger partial charge in [-0.3, -0.25) is 4.79 Å². The SMILES string of the molecule is CCNS(=O)(=O)[C@@H]1CN(C(=O)OC(C)(C)C)C[C@H]1C(=O)OC. The number of nitrogens with one attached hydrogen (secondary N) is 1. The second-order valence-electron chi connectivity index (χ2n) is 6.10. The molecule has 0 aliphatic carbocycles. The van der Waals surface area contributed by atoms with E-state index in [0.29, 0.717) is 0 Å². The van der Waals surface area contributed by atoms with Crippen LogP contribution in [0.4, 0.5) is 4.79 Å². The zero-order chi connectivity index (χ0) is 17.1. The van der Waals surface area contributed by atoms with E-state index >= 15 is 0 Å². The van der Waals surface area contributed by atoms with Crippen LogP contribution in [0.25, 0.3) is 0 Å². The van der Waals surface area contributed by atoms with E-state index in [1.54, 1.807) is 27.7 Å². The molecular formula is C13H24N2O6S. The molecule has 0 bridgehead atoms. The number of esters is 1. The maximum absolute atomic E-state index is 12.2. The lowest BCUT2D eigenvalue weighted by atomic mass is 10.1. The highest BCUT2D eigenvalue weighted by atomic mass is 32.2. The summed E-state index contributed by atoms with van der Waals surface area (Å²) in [4.78, 5) is 25.1. The molecule has 0 aromatic heterocycles. The van der Waals surface area contributed by atoms with Crippen LogP contribution in [0, 0.1) is 5.92 Å². The average Bonchev–Trinajstić information content (AvgIpc) is 2.81. The zero-order valence-corrected chi connectivity index (χ0v) is 14.4. The van der Waals surface area contributed by atoms with E-state index in [2.05, 4.69) is 9.46 Å². The number of hydrogen-bond donors (Lipinski definition) is 1. The van der Waals surface area contributed by atoms with Gasteiger partial charge in [0, 0.05) is 19.6 Å². The van der Waals surface area contributed by atoms with E-state index in [-0.39, 0.29) is 19.6 Å². The van der Waals surface area contributed by atoms with Crippen molar-refractivity contribution < 1.29 is 27.5 Å². The summed E-state index contributed by atoms with van der Waals surface area (Å²) in [6.07, 6.45) is -0.643. The molecule has 1 fully saturated rings. The number of carbonyl (C=O) groups is 2. The second kappa shape index (κ2) is 6.82. The van der Waals surface area contributed by atoms with E-state index in [0.717, 1.165) is 0 Å². The molecule has 0 spiro atoms. The normalized spacial score (nSPS) is 22.5. The number of sulfonamides is 1. The lowest BCUT2D eigenvalue weighted by molar-refractivity contribution is -0.144. The number of ether oxygens (including phenoxy) is 2. The quantitative estimate of drug-likeness (QED) is 0.743. The van der Waals surface area contributed by atoms with Gasteiger partial charge in [-0.1, -0.05) is 6.92 Å². The lowest BCUT2D eigenvalue weighted by Crippen LogP contribution is -2.42. The summed E-state index contributed by atoms with van der Waals surface area (Å²) in [6, 6.07) is 0. The van der Waals surface area contributed by atoms with Crippen LogP contribution < -0.4 is 4.72 Å². The molecule has 1 heterocycles. The van der Waals surface area contributed by atoms with Gasteiger partial charge in [0.25, 0.3) is 0 Å². The summed E-state index contributed by atoms with van der Waals surface area (Å²) in [5.74, 6) is -1.58. The van der Waals surface area contributed by atoms with E-state index in [1.807, 2.05) is 0 Å². The zero-order valence-electron chi connectivity index (χ0n) is 13.6. The predicted octanol–water partition coefficient (Wildman–Crippen LogP) is 0.334. The van der Waals surface area contributed by atoms with Crippen LogP contribution >= 0.6 is 0 Å². The lowest BCUT2D eigenvalue weighted by Gasteiger charge is -2.24. The molecule has 0 radical (unpaired) electrons. The molecule has 1 saturated heterocycles. The van der Waals surface area contributed by atoms with Crippen LogP contribution in [0.3, 0.4) is 0 Å². The number of hydrogen-bond acceptors (Lipinski definition) is 6. The molecule has 0 aromatic carbocycles. The predicted molar refractivity (Wildman–Crippen MR) is 79.7 cm³/mol. The van der Waals surface area contributed by atoms with Crippen LogP contribution in [-0.4, -0.2) is 63.0 Å². The van der Waals surface area contributed by atoms with Gasteiger partial charge in [-0.2, -0.15) is 0 Å². The minimum Gasteiger partial charge on any atom is -0.469 e. The smallest absolute Gasteiger partial charge is 0.410 e. The van der Waals surface area contributed by atoms with Crippen molar-refractivity contribution in [3.8, 4) is 0 Å². The molecule has 2 atom stereocenters. The van der Waals surface area contributed by atoms with E-state index in [4.69, 9.17) is 4.74 Å². The first kappa shape index (κ1) is 18.7. The van der Waals surface area contributed by atoms with Crippen LogP contribution in [0.15, 0.2) is 0 Å². The van der Waals surface area contributed by atoms with Crippen LogP contribution in [0.5, 0.6) is 0 Å². The average molecular weight is 336 g/mol. The summed E-state index contributed by atoms with van der Waals surface area (Å²) >= 11 is 0. The molecule has 1 amide bonds. The summed E-state index contributed by atoms with van der Waals surface area (Å²) in [6.45, 7) is 6.84. The fourth-order valence-electron chi connectivity index (χ4n) is 2.25. The van der Waals surface area contributed by atoms with Gasteiger partial charge >= 0.3 is 12.1 Å². The fourth-order valence-corrected chi connectivity index (χ4v) is 3.87. The molecule has 1 aliphatic rings. The number of methoxy groups -OCH3 is 1. The largest absolute Gasteiger partial charge is 0.469 e. The van der Waals surface area contributed by atoms with E-state index in [9.17, 15) is 18.0 Å². The Balaban J connectivity index is 2.97. The van der Waals surface area contributed by atoms with Crippen molar-refractivity contribution in [3.63, 3.8) is 0 Å². The highest BCUT2D eigenvalue weighted by molar-refractivity contribution is 7.90. The molecule has 0 saturated carbocycles. The van der Waals surface area contributed by atoms with Gasteiger partial charge in [0.05, 0.1) is 13.0 Å². The number of likely N-dealkylation sites (tertiary alicyclic amines) is 1. The topological polar surface area (TPSA) is 102 Å². The molecular weight excluding hydrogens is 312 g/mol. The van der Waals surface area contributed by atoms with Gasteiger partial charge in [-0.05, 0) is 20.8 Å². The Kier molecular flexibility index (Phi) is 5.80.